The van der Waals surface area contributed by atoms with Gasteiger partial charge in [-0.05, 0) is 30.7 Å². The van der Waals surface area contributed by atoms with Crippen molar-refractivity contribution in [1.29, 1.82) is 0 Å². The Hall–Kier alpha value is -2.17. The Labute approximate surface area is 127 Å². The predicted molar refractivity (Wildman–Crippen MR) is 81.5 cm³/mol. The summed E-state index contributed by atoms with van der Waals surface area (Å²) in [7, 11) is 0. The molecule has 2 heterocycles. The molecule has 0 amide bonds. The summed E-state index contributed by atoms with van der Waals surface area (Å²) in [6.45, 7) is 1.74. The van der Waals surface area contributed by atoms with E-state index in [1.807, 2.05) is 30.5 Å². The molecule has 1 unspecified atom stereocenters. The van der Waals surface area contributed by atoms with E-state index in [9.17, 15) is 5.11 Å². The Morgan fingerprint density at radius 1 is 1.10 bits per heavy atom. The zero-order valence-corrected chi connectivity index (χ0v) is 12.2. The highest BCUT2D eigenvalue weighted by Gasteiger charge is 2.25. The molecule has 0 saturated heterocycles. The van der Waals surface area contributed by atoms with Crippen LogP contribution < -0.4 is 0 Å². The van der Waals surface area contributed by atoms with Crippen LogP contribution in [-0.4, -0.2) is 19.6 Å². The first-order valence-electron chi connectivity index (χ1n) is 6.50. The second-order valence-electron chi connectivity index (χ2n) is 4.95. The Bertz CT molecular complexity index is 719. The van der Waals surface area contributed by atoms with Crippen LogP contribution in [0.2, 0.25) is 5.02 Å². The van der Waals surface area contributed by atoms with Crippen molar-refractivity contribution >= 4 is 11.6 Å². The number of halogens is 1. The van der Waals surface area contributed by atoms with E-state index in [4.69, 9.17) is 11.6 Å². The van der Waals surface area contributed by atoms with Crippen LogP contribution in [-0.2, 0) is 5.60 Å². The van der Waals surface area contributed by atoms with Gasteiger partial charge in [-0.1, -0.05) is 29.8 Å². The number of pyridine rings is 1. The van der Waals surface area contributed by atoms with Crippen LogP contribution in [0.3, 0.4) is 0 Å². The van der Waals surface area contributed by atoms with E-state index >= 15 is 0 Å². The summed E-state index contributed by atoms with van der Waals surface area (Å²) >= 11 is 5.88. The molecule has 1 N–H and O–H groups in total. The summed E-state index contributed by atoms with van der Waals surface area (Å²) < 4.78 is 1.81. The molecule has 1 aromatic carbocycles. The van der Waals surface area contributed by atoms with Gasteiger partial charge in [0.15, 0.2) is 0 Å². The number of hydrogen-bond acceptors (Lipinski definition) is 3. The highest BCUT2D eigenvalue weighted by atomic mass is 35.5. The molecule has 3 rings (SSSR count). The van der Waals surface area contributed by atoms with Crippen molar-refractivity contribution in [3.63, 3.8) is 0 Å². The van der Waals surface area contributed by atoms with Crippen LogP contribution in [0.15, 0.2) is 61.3 Å². The lowest BCUT2D eigenvalue weighted by Gasteiger charge is -2.24. The fourth-order valence-corrected chi connectivity index (χ4v) is 2.29. The summed E-state index contributed by atoms with van der Waals surface area (Å²) in [4.78, 5) is 8.35. The van der Waals surface area contributed by atoms with E-state index in [1.54, 1.807) is 42.3 Å². The molecule has 0 aliphatic heterocycles. The Kier molecular flexibility index (Phi) is 3.49. The topological polar surface area (TPSA) is 50.9 Å². The average molecular weight is 300 g/mol. The molecule has 2 aromatic heterocycles. The molecule has 0 aliphatic carbocycles. The standard InChI is InChI=1S/C16H14ClN3O/c1-16(21,12-2-5-14(17)6-3-12)13-4-7-15(19-10-13)20-9-8-18-11-20/h2-11,21H,1H3. The van der Waals surface area contributed by atoms with Crippen molar-refractivity contribution in [3.05, 3.63) is 77.5 Å². The van der Waals surface area contributed by atoms with Gasteiger partial charge in [-0.25, -0.2) is 9.97 Å². The van der Waals surface area contributed by atoms with E-state index < -0.39 is 5.60 Å². The quantitative estimate of drug-likeness (QED) is 0.808. The molecule has 21 heavy (non-hydrogen) atoms. The number of rotatable bonds is 3. The summed E-state index contributed by atoms with van der Waals surface area (Å²) in [6, 6.07) is 10.9. The number of imidazole rings is 1. The normalized spacial score (nSPS) is 13.9. The van der Waals surface area contributed by atoms with Crippen molar-refractivity contribution in [1.82, 2.24) is 14.5 Å². The summed E-state index contributed by atoms with van der Waals surface area (Å²) in [5.74, 6) is 0.753. The third-order valence-corrected chi connectivity index (χ3v) is 3.74. The molecule has 0 fully saturated rings. The van der Waals surface area contributed by atoms with Crippen molar-refractivity contribution in [2.24, 2.45) is 0 Å². The van der Waals surface area contributed by atoms with E-state index in [1.165, 1.54) is 0 Å². The monoisotopic (exact) mass is 299 g/mol. The Morgan fingerprint density at radius 2 is 1.81 bits per heavy atom. The number of nitrogens with zero attached hydrogens (tertiary/aromatic N) is 3. The number of aromatic nitrogens is 3. The molecule has 3 aromatic rings. The fourth-order valence-electron chi connectivity index (χ4n) is 2.16. The molecule has 4 nitrogen and oxygen atoms in total. The SMILES string of the molecule is CC(O)(c1ccc(Cl)cc1)c1ccc(-n2ccnc2)nc1. The largest absolute Gasteiger partial charge is 0.381 e. The zero-order chi connectivity index (χ0) is 14.9. The first kappa shape index (κ1) is 13.8. The van der Waals surface area contributed by atoms with Gasteiger partial charge < -0.3 is 5.11 Å². The minimum absolute atomic E-state index is 0.642. The summed E-state index contributed by atoms with van der Waals surface area (Å²) in [5.41, 5.74) is 0.364. The molecule has 0 saturated carbocycles. The van der Waals surface area contributed by atoms with Gasteiger partial charge in [0.05, 0.1) is 0 Å². The van der Waals surface area contributed by atoms with E-state index in [0.717, 1.165) is 11.4 Å². The number of hydrogen-bond donors (Lipinski definition) is 1. The number of benzene rings is 1. The van der Waals surface area contributed by atoms with Crippen molar-refractivity contribution in [3.8, 4) is 5.82 Å². The lowest BCUT2D eigenvalue weighted by atomic mass is 9.89. The average Bonchev–Trinajstić information content (AvgIpc) is 3.02. The Morgan fingerprint density at radius 3 is 2.38 bits per heavy atom. The smallest absolute Gasteiger partial charge is 0.137 e. The minimum atomic E-state index is -1.12. The third kappa shape index (κ3) is 2.68. The van der Waals surface area contributed by atoms with Crippen molar-refractivity contribution in [2.45, 2.75) is 12.5 Å². The molecule has 5 heteroatoms. The number of aliphatic hydroxyl groups is 1. The van der Waals surface area contributed by atoms with Gasteiger partial charge in [-0.15, -0.1) is 0 Å². The van der Waals surface area contributed by atoms with Gasteiger partial charge in [0.2, 0.25) is 0 Å². The zero-order valence-electron chi connectivity index (χ0n) is 11.4. The van der Waals surface area contributed by atoms with Gasteiger partial charge >= 0.3 is 0 Å². The first-order valence-corrected chi connectivity index (χ1v) is 6.88. The van der Waals surface area contributed by atoms with Gasteiger partial charge in [0.25, 0.3) is 0 Å². The minimum Gasteiger partial charge on any atom is -0.381 e. The van der Waals surface area contributed by atoms with Crippen LogP contribution in [0, 0.1) is 0 Å². The van der Waals surface area contributed by atoms with E-state index in [-0.39, 0.29) is 0 Å². The highest BCUT2D eigenvalue weighted by molar-refractivity contribution is 6.30. The maximum absolute atomic E-state index is 10.8. The maximum atomic E-state index is 10.8. The summed E-state index contributed by atoms with van der Waals surface area (Å²) in [6.07, 6.45) is 6.86. The van der Waals surface area contributed by atoms with Crippen LogP contribution in [0.1, 0.15) is 18.1 Å². The molecule has 0 radical (unpaired) electrons. The van der Waals surface area contributed by atoms with Crippen molar-refractivity contribution < 1.29 is 5.11 Å². The molecule has 0 spiro atoms. The van der Waals surface area contributed by atoms with Crippen LogP contribution in [0.4, 0.5) is 0 Å². The van der Waals surface area contributed by atoms with E-state index in [0.29, 0.717) is 10.6 Å². The third-order valence-electron chi connectivity index (χ3n) is 3.49. The van der Waals surface area contributed by atoms with Gasteiger partial charge in [-0.2, -0.15) is 0 Å². The molecule has 0 aliphatic rings. The summed E-state index contributed by atoms with van der Waals surface area (Å²) in [5, 5.41) is 11.4. The predicted octanol–water partition coefficient (Wildman–Crippen LogP) is 3.18. The second-order valence-corrected chi connectivity index (χ2v) is 5.39. The Balaban J connectivity index is 1.94. The molecular formula is C16H14ClN3O. The molecule has 0 bridgehead atoms. The van der Waals surface area contributed by atoms with Gasteiger partial charge in [0.1, 0.15) is 17.7 Å². The fraction of sp³-hybridized carbons (Fsp3) is 0.125. The van der Waals surface area contributed by atoms with Crippen molar-refractivity contribution in [2.75, 3.05) is 0 Å². The second kappa shape index (κ2) is 5.31. The van der Waals surface area contributed by atoms with Gasteiger partial charge in [-0.3, -0.25) is 4.57 Å². The lowest BCUT2D eigenvalue weighted by molar-refractivity contribution is 0.102. The maximum Gasteiger partial charge on any atom is 0.137 e. The molecular weight excluding hydrogens is 286 g/mol. The highest BCUT2D eigenvalue weighted by Crippen LogP contribution is 2.29. The van der Waals surface area contributed by atoms with Crippen LogP contribution in [0.25, 0.3) is 5.82 Å². The first-order chi connectivity index (χ1) is 10.1. The molecule has 106 valence electrons. The van der Waals surface area contributed by atoms with E-state index in [2.05, 4.69) is 9.97 Å². The van der Waals surface area contributed by atoms with Crippen LogP contribution in [0.5, 0.6) is 0 Å². The van der Waals surface area contributed by atoms with Gasteiger partial charge in [0, 0.05) is 29.2 Å². The lowest BCUT2D eigenvalue weighted by Crippen LogP contribution is -2.23. The van der Waals surface area contributed by atoms with Crippen LogP contribution >= 0.6 is 11.6 Å². The molecule has 1 atom stereocenters.